The number of rotatable bonds is 4. The summed E-state index contributed by atoms with van der Waals surface area (Å²) in [5.41, 5.74) is 2.55. The average Bonchev–Trinajstić information content (AvgIpc) is 2.02. The molecular weight excluding hydrogens is 163 g/mol. The predicted octanol–water partition coefficient (Wildman–Crippen LogP) is 1.86. The third kappa shape index (κ3) is 4.11. The third-order valence-corrected chi connectivity index (χ3v) is 1.71. The van der Waals surface area contributed by atoms with Gasteiger partial charge in [0.05, 0.1) is 0 Å². The predicted molar refractivity (Wildman–Crippen MR) is 57.1 cm³/mol. The molecule has 0 aliphatic rings. The number of hydrogen-bond acceptors (Lipinski definition) is 2. The summed E-state index contributed by atoms with van der Waals surface area (Å²) in [5.74, 6) is 0. The van der Waals surface area contributed by atoms with Crippen molar-refractivity contribution in [1.29, 1.82) is 0 Å². The lowest BCUT2D eigenvalue weighted by Crippen LogP contribution is -2.15. The lowest BCUT2D eigenvalue weighted by Gasteiger charge is -2.06. The Balaban J connectivity index is 5.06. The SMILES string of the molecule is C=C/C(B(O)O)=C(\C=C(C)C)CC. The quantitative estimate of drug-likeness (QED) is 0.512. The van der Waals surface area contributed by atoms with E-state index >= 15 is 0 Å². The van der Waals surface area contributed by atoms with Gasteiger partial charge in [0.15, 0.2) is 0 Å². The van der Waals surface area contributed by atoms with E-state index in [1.54, 1.807) is 0 Å². The van der Waals surface area contributed by atoms with Gasteiger partial charge < -0.3 is 10.0 Å². The van der Waals surface area contributed by atoms with E-state index in [1.165, 1.54) is 6.08 Å². The van der Waals surface area contributed by atoms with Crippen molar-refractivity contribution in [2.24, 2.45) is 0 Å². The Hall–Kier alpha value is -0.795. The molecule has 2 nitrogen and oxygen atoms in total. The summed E-state index contributed by atoms with van der Waals surface area (Å²) in [7, 11) is -1.43. The highest BCUT2D eigenvalue weighted by Gasteiger charge is 2.14. The second kappa shape index (κ2) is 5.78. The normalized spacial score (nSPS) is 11.8. The monoisotopic (exact) mass is 180 g/mol. The first-order chi connectivity index (χ1) is 6.02. The Bertz CT molecular complexity index is 235. The molecule has 0 heterocycles. The molecule has 0 saturated heterocycles. The van der Waals surface area contributed by atoms with E-state index < -0.39 is 7.12 Å². The maximum atomic E-state index is 9.02. The molecule has 0 atom stereocenters. The molecule has 0 rings (SSSR count). The first kappa shape index (κ1) is 12.2. The summed E-state index contributed by atoms with van der Waals surface area (Å²) in [4.78, 5) is 0. The molecule has 0 unspecified atom stereocenters. The smallest absolute Gasteiger partial charge is 0.423 e. The average molecular weight is 180 g/mol. The van der Waals surface area contributed by atoms with Crippen LogP contribution in [0.15, 0.2) is 35.3 Å². The molecular formula is C10H17BO2. The largest absolute Gasteiger partial charge is 0.488 e. The maximum absolute atomic E-state index is 9.02. The van der Waals surface area contributed by atoms with Crippen LogP contribution in [0.1, 0.15) is 27.2 Å². The van der Waals surface area contributed by atoms with Gasteiger partial charge in [0.2, 0.25) is 0 Å². The standard InChI is InChI=1S/C10H17BO2/c1-5-9(7-8(3)4)10(6-2)11(12)13/h6-7,12-13H,2,5H2,1,3-4H3/b10-9+. The zero-order valence-electron chi connectivity index (χ0n) is 8.54. The molecule has 0 aliphatic carbocycles. The Morgan fingerprint density at radius 2 is 1.92 bits per heavy atom. The molecule has 0 bridgehead atoms. The van der Waals surface area contributed by atoms with E-state index in [0.29, 0.717) is 5.47 Å². The summed E-state index contributed by atoms with van der Waals surface area (Å²) in [6.45, 7) is 9.47. The second-order valence-electron chi connectivity index (χ2n) is 3.13. The van der Waals surface area contributed by atoms with Crippen LogP contribution in [0.25, 0.3) is 0 Å². The van der Waals surface area contributed by atoms with Crippen molar-refractivity contribution in [2.75, 3.05) is 0 Å². The molecule has 0 aromatic carbocycles. The van der Waals surface area contributed by atoms with Crippen molar-refractivity contribution in [3.63, 3.8) is 0 Å². The van der Waals surface area contributed by atoms with Crippen molar-refractivity contribution >= 4 is 7.12 Å². The molecule has 13 heavy (non-hydrogen) atoms. The zero-order chi connectivity index (χ0) is 10.4. The van der Waals surface area contributed by atoms with Crippen molar-refractivity contribution in [1.82, 2.24) is 0 Å². The van der Waals surface area contributed by atoms with Gasteiger partial charge in [-0.05, 0) is 31.3 Å². The van der Waals surface area contributed by atoms with E-state index in [-0.39, 0.29) is 0 Å². The summed E-state index contributed by atoms with van der Waals surface area (Å²) < 4.78 is 0. The lowest BCUT2D eigenvalue weighted by atomic mass is 9.75. The lowest BCUT2D eigenvalue weighted by molar-refractivity contribution is 0.420. The first-order valence-electron chi connectivity index (χ1n) is 4.39. The van der Waals surface area contributed by atoms with E-state index in [2.05, 4.69) is 6.58 Å². The van der Waals surface area contributed by atoms with Gasteiger partial charge in [-0.15, -0.1) is 0 Å². The molecule has 0 saturated carbocycles. The van der Waals surface area contributed by atoms with Gasteiger partial charge in [-0.3, -0.25) is 0 Å². The Morgan fingerprint density at radius 3 is 2.15 bits per heavy atom. The highest BCUT2D eigenvalue weighted by molar-refractivity contribution is 6.52. The maximum Gasteiger partial charge on any atom is 0.488 e. The Labute approximate surface area is 80.4 Å². The van der Waals surface area contributed by atoms with E-state index in [1.807, 2.05) is 26.8 Å². The topological polar surface area (TPSA) is 40.5 Å². The summed E-state index contributed by atoms with van der Waals surface area (Å²) in [6, 6.07) is 0. The number of allylic oxidation sites excluding steroid dienone is 5. The van der Waals surface area contributed by atoms with Crippen molar-refractivity contribution in [3.8, 4) is 0 Å². The molecule has 0 amide bonds. The molecule has 0 spiro atoms. The van der Waals surface area contributed by atoms with Gasteiger partial charge in [0, 0.05) is 0 Å². The van der Waals surface area contributed by atoms with E-state index in [4.69, 9.17) is 10.0 Å². The van der Waals surface area contributed by atoms with Crippen LogP contribution in [0.3, 0.4) is 0 Å². The Morgan fingerprint density at radius 1 is 1.38 bits per heavy atom. The van der Waals surface area contributed by atoms with Crippen molar-refractivity contribution in [2.45, 2.75) is 27.2 Å². The first-order valence-corrected chi connectivity index (χ1v) is 4.39. The molecule has 0 aromatic rings. The minimum Gasteiger partial charge on any atom is -0.423 e. The van der Waals surface area contributed by atoms with E-state index in [0.717, 1.165) is 17.6 Å². The molecule has 2 N–H and O–H groups in total. The van der Waals surface area contributed by atoms with Gasteiger partial charge in [-0.1, -0.05) is 31.2 Å². The van der Waals surface area contributed by atoms with E-state index in [9.17, 15) is 0 Å². The molecule has 0 fully saturated rings. The van der Waals surface area contributed by atoms with Gasteiger partial charge in [0.25, 0.3) is 0 Å². The fourth-order valence-electron chi connectivity index (χ4n) is 1.14. The van der Waals surface area contributed by atoms with Gasteiger partial charge in [-0.25, -0.2) is 0 Å². The van der Waals surface area contributed by atoms with Gasteiger partial charge in [-0.2, -0.15) is 0 Å². The van der Waals surface area contributed by atoms with Gasteiger partial charge in [0.1, 0.15) is 0 Å². The number of hydrogen-bond donors (Lipinski definition) is 2. The second-order valence-corrected chi connectivity index (χ2v) is 3.13. The summed E-state index contributed by atoms with van der Waals surface area (Å²) >= 11 is 0. The highest BCUT2D eigenvalue weighted by atomic mass is 16.4. The fourth-order valence-corrected chi connectivity index (χ4v) is 1.14. The summed E-state index contributed by atoms with van der Waals surface area (Å²) in [5, 5.41) is 18.0. The molecule has 72 valence electrons. The van der Waals surface area contributed by atoms with Crippen LogP contribution in [-0.4, -0.2) is 17.2 Å². The van der Waals surface area contributed by atoms with Crippen LogP contribution in [0, 0.1) is 0 Å². The zero-order valence-corrected chi connectivity index (χ0v) is 8.54. The van der Waals surface area contributed by atoms with Gasteiger partial charge >= 0.3 is 7.12 Å². The fraction of sp³-hybridized carbons (Fsp3) is 0.400. The Kier molecular flexibility index (Phi) is 5.43. The molecule has 0 radical (unpaired) electrons. The third-order valence-electron chi connectivity index (χ3n) is 1.71. The van der Waals surface area contributed by atoms with Crippen molar-refractivity contribution in [3.05, 3.63) is 35.3 Å². The summed E-state index contributed by atoms with van der Waals surface area (Å²) in [6.07, 6.45) is 4.20. The molecule has 0 aliphatic heterocycles. The minimum atomic E-state index is -1.43. The van der Waals surface area contributed by atoms with Crippen LogP contribution in [0.5, 0.6) is 0 Å². The molecule has 3 heteroatoms. The highest BCUT2D eigenvalue weighted by Crippen LogP contribution is 2.14. The molecule has 0 aromatic heterocycles. The van der Waals surface area contributed by atoms with Crippen LogP contribution in [0.4, 0.5) is 0 Å². The van der Waals surface area contributed by atoms with Crippen molar-refractivity contribution < 1.29 is 10.0 Å². The minimum absolute atomic E-state index is 0.490. The van der Waals surface area contributed by atoms with Crippen LogP contribution >= 0.6 is 0 Å². The van der Waals surface area contributed by atoms with Crippen LogP contribution in [0.2, 0.25) is 0 Å². The van der Waals surface area contributed by atoms with Crippen LogP contribution < -0.4 is 0 Å². The van der Waals surface area contributed by atoms with Crippen LogP contribution in [-0.2, 0) is 0 Å².